The summed E-state index contributed by atoms with van der Waals surface area (Å²) in [5.74, 6) is 0. The molecule has 0 aliphatic carbocycles. The van der Waals surface area contributed by atoms with E-state index in [1.165, 1.54) is 0 Å². The molecule has 0 unspecified atom stereocenters. The van der Waals surface area contributed by atoms with E-state index in [1.54, 1.807) is 0 Å². The summed E-state index contributed by atoms with van der Waals surface area (Å²) in [5, 5.41) is 0. The van der Waals surface area contributed by atoms with E-state index in [9.17, 15) is 0 Å². The molecular formula is Ba3Pb5. The van der Waals surface area contributed by atoms with Gasteiger partial charge in [0.15, 0.2) is 0 Å². The predicted molar refractivity (Wildman–Crippen MR) is 46.0 cm³/mol. The Morgan fingerprint density at radius 1 is 0.250 bits per heavy atom. The smallest absolute Gasteiger partial charge is 0 e. The predicted octanol–water partition coefficient (Wildman–Crippen LogP) is -3.05. The Balaban J connectivity index is 0. The second kappa shape index (κ2) is 44.1. The SMILES string of the molecule is [Ba].[Ba].[Ba].[Pb].[Pb].[Pb].[Pb].[Pb]. The summed E-state index contributed by atoms with van der Waals surface area (Å²) in [6, 6.07) is 0. The standard InChI is InChI=1S/3Ba.5Pb. The number of rotatable bonds is 0. The molecule has 0 amide bonds. The Morgan fingerprint density at radius 2 is 0.250 bits per heavy atom. The molecule has 8 heteroatoms. The molecule has 26 radical (unpaired) electrons. The van der Waals surface area contributed by atoms with Crippen LogP contribution in [-0.2, 0) is 0 Å². The molecule has 0 nitrogen and oxygen atoms in total. The molecule has 0 saturated carbocycles. The van der Waals surface area contributed by atoms with Gasteiger partial charge in [0, 0.05) is 283 Å². The number of hydrogen-bond donors (Lipinski definition) is 0. The molecule has 0 N–H and O–H groups in total. The van der Waals surface area contributed by atoms with Crippen LogP contribution in [0.4, 0.5) is 0 Å². The number of hydrogen-bond acceptors (Lipinski definition) is 0. The quantitative estimate of drug-likeness (QED) is 0.227. The normalized spacial score (nSPS) is 0. The Kier molecular flexibility index (Phi) is 293. The van der Waals surface area contributed by atoms with E-state index in [1.807, 2.05) is 0 Å². The molecule has 8 heavy (non-hydrogen) atoms. The minimum Gasteiger partial charge on any atom is 0 e. The summed E-state index contributed by atoms with van der Waals surface area (Å²) in [4.78, 5) is 0. The monoisotopic (exact) mass is 1450 g/mol. The van der Waals surface area contributed by atoms with Gasteiger partial charge in [-0.3, -0.25) is 0 Å². The molecule has 0 heterocycles. The van der Waals surface area contributed by atoms with E-state index >= 15 is 0 Å². The summed E-state index contributed by atoms with van der Waals surface area (Å²) in [6.07, 6.45) is 0. The van der Waals surface area contributed by atoms with Gasteiger partial charge >= 0.3 is 0 Å². The maximum Gasteiger partial charge on any atom is 0 e. The van der Waals surface area contributed by atoms with Crippen LogP contribution >= 0.6 is 0 Å². The molecular weight excluding hydrogens is 1450 g/mol. The van der Waals surface area contributed by atoms with Crippen LogP contribution in [0.5, 0.6) is 0 Å². The molecule has 0 bridgehead atoms. The van der Waals surface area contributed by atoms with Crippen molar-refractivity contribution in [2.24, 2.45) is 0 Å². The van der Waals surface area contributed by atoms with Crippen molar-refractivity contribution in [2.75, 3.05) is 0 Å². The first kappa shape index (κ1) is 53.1. The van der Waals surface area contributed by atoms with E-state index in [0.717, 1.165) is 0 Å². The Hall–Kier alpha value is 9.32. The van der Waals surface area contributed by atoms with Gasteiger partial charge in [0.25, 0.3) is 0 Å². The van der Waals surface area contributed by atoms with Crippen molar-refractivity contribution in [3.05, 3.63) is 0 Å². The van der Waals surface area contributed by atoms with Gasteiger partial charge < -0.3 is 0 Å². The molecule has 0 spiro atoms. The molecule has 0 aliphatic heterocycles. The van der Waals surface area contributed by atoms with Crippen LogP contribution in [0.2, 0.25) is 0 Å². The third-order valence-electron chi connectivity index (χ3n) is 0. The van der Waals surface area contributed by atoms with Crippen LogP contribution in [-0.4, -0.2) is 283 Å². The first-order valence-electron chi connectivity index (χ1n) is 0. The van der Waals surface area contributed by atoms with Gasteiger partial charge in [0.2, 0.25) is 0 Å². The fourth-order valence-electron chi connectivity index (χ4n) is 0. The van der Waals surface area contributed by atoms with Crippen molar-refractivity contribution in [1.29, 1.82) is 0 Å². The zero-order valence-electron chi connectivity index (χ0n) is 4.62. The zero-order chi connectivity index (χ0) is 0. The molecule has 0 aromatic carbocycles. The van der Waals surface area contributed by atoms with E-state index in [0.29, 0.717) is 0 Å². The second-order valence-corrected chi connectivity index (χ2v) is 0. The van der Waals surface area contributed by atoms with Gasteiger partial charge in [0.1, 0.15) is 0 Å². The average Bonchev–Trinajstić information content (AvgIpc) is 0. The first-order chi connectivity index (χ1) is 0. The average molecular weight is 1450 g/mol. The van der Waals surface area contributed by atoms with Crippen LogP contribution in [0.15, 0.2) is 0 Å². The van der Waals surface area contributed by atoms with Crippen molar-refractivity contribution in [3.63, 3.8) is 0 Å². The van der Waals surface area contributed by atoms with E-state index < -0.39 is 0 Å². The third kappa shape index (κ3) is 36.2. The van der Waals surface area contributed by atoms with E-state index in [2.05, 4.69) is 0 Å². The van der Waals surface area contributed by atoms with Crippen LogP contribution in [0.25, 0.3) is 0 Å². The molecule has 0 rings (SSSR count). The van der Waals surface area contributed by atoms with Gasteiger partial charge in [-0.15, -0.1) is 0 Å². The minimum absolute atomic E-state index is 0. The van der Waals surface area contributed by atoms with Crippen molar-refractivity contribution in [2.45, 2.75) is 0 Å². The van der Waals surface area contributed by atoms with Gasteiger partial charge in [-0.25, -0.2) is 0 Å². The fraction of sp³-hybridized carbons (Fsp3) is 0. The molecule has 26 valence electrons. The van der Waals surface area contributed by atoms with Gasteiger partial charge in [-0.1, -0.05) is 0 Å². The Morgan fingerprint density at radius 3 is 0.250 bits per heavy atom. The summed E-state index contributed by atoms with van der Waals surface area (Å²) >= 11 is 0. The molecule has 0 aromatic heterocycles. The van der Waals surface area contributed by atoms with Crippen LogP contribution in [0.3, 0.4) is 0 Å². The Labute approximate surface area is 273 Å². The molecule has 0 atom stereocenters. The van der Waals surface area contributed by atoms with E-state index in [-0.39, 0.29) is 283 Å². The molecule has 0 fully saturated rings. The fourth-order valence-corrected chi connectivity index (χ4v) is 0. The van der Waals surface area contributed by atoms with Crippen molar-refractivity contribution in [3.8, 4) is 0 Å². The van der Waals surface area contributed by atoms with Crippen molar-refractivity contribution >= 4 is 283 Å². The van der Waals surface area contributed by atoms with Crippen LogP contribution < -0.4 is 0 Å². The maximum atomic E-state index is 0. The summed E-state index contributed by atoms with van der Waals surface area (Å²) in [5.41, 5.74) is 0. The summed E-state index contributed by atoms with van der Waals surface area (Å²) in [6.45, 7) is 0. The summed E-state index contributed by atoms with van der Waals surface area (Å²) in [7, 11) is 0. The molecule has 0 aromatic rings. The first-order valence-corrected chi connectivity index (χ1v) is 0. The van der Waals surface area contributed by atoms with Crippen LogP contribution in [0, 0.1) is 0 Å². The largest absolute Gasteiger partial charge is 0 e. The molecule has 0 saturated heterocycles. The maximum absolute atomic E-state index is 0. The third-order valence-corrected chi connectivity index (χ3v) is 0. The van der Waals surface area contributed by atoms with Gasteiger partial charge in [-0.05, 0) is 0 Å². The van der Waals surface area contributed by atoms with E-state index in [4.69, 9.17) is 0 Å². The Bertz CT molecular complexity index is 7.64. The molecule has 0 aliphatic rings. The summed E-state index contributed by atoms with van der Waals surface area (Å²) < 4.78 is 0. The van der Waals surface area contributed by atoms with Crippen molar-refractivity contribution < 1.29 is 0 Å². The van der Waals surface area contributed by atoms with Gasteiger partial charge in [0.05, 0.1) is 0 Å². The van der Waals surface area contributed by atoms with Gasteiger partial charge in [-0.2, -0.15) is 0 Å². The van der Waals surface area contributed by atoms with Crippen LogP contribution in [0.1, 0.15) is 0 Å². The topological polar surface area (TPSA) is 0 Å². The van der Waals surface area contributed by atoms with Crippen molar-refractivity contribution in [1.82, 2.24) is 0 Å². The minimum atomic E-state index is 0. The zero-order valence-corrected chi connectivity index (χ0v) is 37.4. The second-order valence-electron chi connectivity index (χ2n) is 0.